The molecular weight excluding hydrogens is 849 g/mol. The molecule has 7 N–H and O–H groups in total. The van der Waals surface area contributed by atoms with E-state index in [0.29, 0.717) is 13.0 Å². The van der Waals surface area contributed by atoms with E-state index in [4.69, 9.17) is 28.4 Å². The summed E-state index contributed by atoms with van der Waals surface area (Å²) in [5, 5.41) is 72.1. The molecule has 0 aromatic heterocycles. The van der Waals surface area contributed by atoms with Gasteiger partial charge in [-0.05, 0) is 38.5 Å². The van der Waals surface area contributed by atoms with Crippen LogP contribution in [0.5, 0.6) is 0 Å². The third-order valence-corrected chi connectivity index (χ3v) is 13.0. The Morgan fingerprint density at radius 1 is 0.485 bits per heavy atom. The van der Waals surface area contributed by atoms with Gasteiger partial charge in [0, 0.05) is 13.0 Å². The number of esters is 1. The first-order chi connectivity index (χ1) is 32.1. The predicted octanol–water partition coefficient (Wildman–Crippen LogP) is 8.24. The highest BCUT2D eigenvalue weighted by Crippen LogP contribution is 2.26. The summed E-state index contributed by atoms with van der Waals surface area (Å²) >= 11 is 0. The fourth-order valence-corrected chi connectivity index (χ4v) is 8.63. The number of aliphatic hydroxyl groups is 7. The fraction of sp³-hybridized carbons (Fsp3) is 0.942. The third kappa shape index (κ3) is 27.8. The summed E-state index contributed by atoms with van der Waals surface area (Å²) in [5.41, 5.74) is 0. The van der Waals surface area contributed by atoms with Gasteiger partial charge >= 0.3 is 5.97 Å². The number of rotatable bonds is 43. The van der Waals surface area contributed by atoms with Gasteiger partial charge in [0.15, 0.2) is 12.6 Å². The molecule has 2 aliphatic rings. The van der Waals surface area contributed by atoms with Gasteiger partial charge in [-0.1, -0.05) is 180 Å². The minimum absolute atomic E-state index is 0.0650. The molecule has 0 spiro atoms. The number of allylic oxidation sites excluding steroid dienone is 2. The molecule has 2 heterocycles. The minimum Gasteiger partial charge on any atom is -0.457 e. The Morgan fingerprint density at radius 3 is 1.38 bits per heavy atom. The molecule has 0 radical (unpaired) electrons. The van der Waals surface area contributed by atoms with Gasteiger partial charge in [-0.2, -0.15) is 0 Å². The van der Waals surface area contributed by atoms with Gasteiger partial charge in [-0.25, -0.2) is 0 Å². The highest BCUT2D eigenvalue weighted by molar-refractivity contribution is 5.69. The first-order valence-corrected chi connectivity index (χ1v) is 26.8. The largest absolute Gasteiger partial charge is 0.457 e. The molecule has 0 aromatic rings. The summed E-state index contributed by atoms with van der Waals surface area (Å²) in [7, 11) is 0. The van der Waals surface area contributed by atoms with Crippen molar-refractivity contribution in [3.63, 3.8) is 0 Å². The van der Waals surface area contributed by atoms with Gasteiger partial charge < -0.3 is 64.2 Å². The van der Waals surface area contributed by atoms with Crippen LogP contribution in [0.2, 0.25) is 0 Å². The van der Waals surface area contributed by atoms with E-state index in [-0.39, 0.29) is 25.6 Å². The number of hydrogen-bond donors (Lipinski definition) is 7. The maximum atomic E-state index is 13.0. The Balaban J connectivity index is 1.75. The topological polar surface area (TPSA) is 214 Å². The van der Waals surface area contributed by atoms with Crippen LogP contribution < -0.4 is 0 Å². The quantitative estimate of drug-likeness (QED) is 0.0174. The zero-order valence-corrected chi connectivity index (χ0v) is 41.4. The van der Waals surface area contributed by atoms with Crippen LogP contribution in [0.25, 0.3) is 0 Å². The summed E-state index contributed by atoms with van der Waals surface area (Å²) in [4.78, 5) is 13.0. The Morgan fingerprint density at radius 2 is 0.894 bits per heavy atom. The molecule has 0 aromatic carbocycles. The summed E-state index contributed by atoms with van der Waals surface area (Å²) < 4.78 is 34.3. The molecule has 2 fully saturated rings. The summed E-state index contributed by atoms with van der Waals surface area (Å²) in [6.07, 6.45) is 25.5. The maximum absolute atomic E-state index is 13.0. The van der Waals surface area contributed by atoms with Crippen LogP contribution in [0.4, 0.5) is 0 Å². The SMILES string of the molecule is CCCCCCCC/C=C\CCCCCCCCCCOCC(COC1OC(COC2OC(CO)C(O)C(O)C2O)C(O)C(O)C1O)OC(=O)CCCCCCCCCCCCCCCC. The highest BCUT2D eigenvalue weighted by Gasteiger charge is 2.47. The number of aliphatic hydroxyl groups excluding tert-OH is 7. The van der Waals surface area contributed by atoms with Crippen molar-refractivity contribution in [2.75, 3.05) is 33.0 Å². The van der Waals surface area contributed by atoms with E-state index in [9.17, 15) is 40.5 Å². The standard InChI is InChI=1S/C52H98O14/c1-3-5-7-9-11-13-15-17-19-20-21-22-24-26-28-30-32-34-36-61-38-41(64-44(54)35-33-31-29-27-25-23-18-16-14-12-10-8-6-4-2)39-62-51-50(60)48(58)46(56)43(66-51)40-63-52-49(59)47(57)45(55)42(37-53)65-52/h17,19,41-43,45-53,55-60H,3-16,18,20-40H2,1-2H3/b19-17-. The Labute approximate surface area is 399 Å². The van der Waals surface area contributed by atoms with Crippen LogP contribution in [0.3, 0.4) is 0 Å². The number of hydrogen-bond acceptors (Lipinski definition) is 14. The van der Waals surface area contributed by atoms with Crippen molar-refractivity contribution < 1.29 is 69.0 Å². The molecule has 14 heteroatoms. The van der Waals surface area contributed by atoms with Crippen LogP contribution in [0.1, 0.15) is 213 Å². The van der Waals surface area contributed by atoms with E-state index in [1.165, 1.54) is 148 Å². The Hall–Kier alpha value is -1.27. The second kappa shape index (κ2) is 40.5. The number of carbonyl (C=O) groups excluding carboxylic acids is 1. The summed E-state index contributed by atoms with van der Waals surface area (Å²) in [6, 6.07) is 0. The number of ether oxygens (including phenoxy) is 6. The molecule has 2 rings (SSSR count). The van der Waals surface area contributed by atoms with E-state index in [1.54, 1.807) is 0 Å². The van der Waals surface area contributed by atoms with Crippen molar-refractivity contribution >= 4 is 5.97 Å². The molecule has 11 atom stereocenters. The number of carbonyl (C=O) groups is 1. The number of unbranched alkanes of at least 4 members (excludes halogenated alkanes) is 27. The van der Waals surface area contributed by atoms with Crippen molar-refractivity contribution in [2.24, 2.45) is 0 Å². The molecule has 2 saturated heterocycles. The molecule has 0 aliphatic carbocycles. The van der Waals surface area contributed by atoms with E-state index < -0.39 is 80.7 Å². The third-order valence-electron chi connectivity index (χ3n) is 13.0. The van der Waals surface area contributed by atoms with Crippen molar-refractivity contribution in [3.05, 3.63) is 12.2 Å². The van der Waals surface area contributed by atoms with Crippen LogP contribution in [0.15, 0.2) is 12.2 Å². The monoisotopic (exact) mass is 947 g/mol. The van der Waals surface area contributed by atoms with Crippen LogP contribution in [-0.2, 0) is 33.2 Å². The molecule has 66 heavy (non-hydrogen) atoms. The normalized spacial score (nSPS) is 26.3. The molecule has 390 valence electrons. The van der Waals surface area contributed by atoms with Crippen LogP contribution in [0, 0.1) is 0 Å². The lowest BCUT2D eigenvalue weighted by atomic mass is 9.98. The Bertz CT molecular complexity index is 1140. The van der Waals surface area contributed by atoms with Crippen LogP contribution in [-0.4, -0.2) is 142 Å². The molecule has 0 amide bonds. The van der Waals surface area contributed by atoms with E-state index in [0.717, 1.165) is 38.5 Å². The van der Waals surface area contributed by atoms with Crippen molar-refractivity contribution in [3.8, 4) is 0 Å². The predicted molar refractivity (Wildman–Crippen MR) is 257 cm³/mol. The van der Waals surface area contributed by atoms with Crippen LogP contribution >= 0.6 is 0 Å². The lowest BCUT2D eigenvalue weighted by molar-refractivity contribution is -0.332. The fourth-order valence-electron chi connectivity index (χ4n) is 8.63. The first-order valence-electron chi connectivity index (χ1n) is 26.8. The zero-order valence-electron chi connectivity index (χ0n) is 41.4. The molecule has 2 aliphatic heterocycles. The van der Waals surface area contributed by atoms with Crippen molar-refractivity contribution in [1.29, 1.82) is 0 Å². The maximum Gasteiger partial charge on any atom is 0.306 e. The van der Waals surface area contributed by atoms with Gasteiger partial charge in [0.1, 0.15) is 54.9 Å². The molecule has 11 unspecified atom stereocenters. The second-order valence-corrected chi connectivity index (χ2v) is 19.1. The molecule has 0 saturated carbocycles. The van der Waals surface area contributed by atoms with E-state index in [2.05, 4.69) is 26.0 Å². The zero-order chi connectivity index (χ0) is 48.0. The molecule has 0 bridgehead atoms. The van der Waals surface area contributed by atoms with Gasteiger partial charge in [0.05, 0.1) is 26.4 Å². The van der Waals surface area contributed by atoms with Crippen molar-refractivity contribution in [2.45, 2.75) is 280 Å². The minimum atomic E-state index is -1.70. The van der Waals surface area contributed by atoms with Gasteiger partial charge in [-0.3, -0.25) is 4.79 Å². The highest BCUT2D eigenvalue weighted by atomic mass is 16.7. The van der Waals surface area contributed by atoms with E-state index >= 15 is 0 Å². The first kappa shape index (κ1) is 60.9. The van der Waals surface area contributed by atoms with Gasteiger partial charge in [0.2, 0.25) is 0 Å². The van der Waals surface area contributed by atoms with E-state index in [1.807, 2.05) is 0 Å². The second-order valence-electron chi connectivity index (χ2n) is 19.1. The van der Waals surface area contributed by atoms with Gasteiger partial charge in [-0.15, -0.1) is 0 Å². The summed E-state index contributed by atoms with van der Waals surface area (Å²) in [5.74, 6) is -0.373. The van der Waals surface area contributed by atoms with Crippen molar-refractivity contribution in [1.82, 2.24) is 0 Å². The average molecular weight is 947 g/mol. The Kier molecular flexibility index (Phi) is 37.3. The average Bonchev–Trinajstić information content (AvgIpc) is 3.31. The lowest BCUT2D eigenvalue weighted by Crippen LogP contribution is -2.61. The summed E-state index contributed by atoms with van der Waals surface area (Å²) in [6.45, 7) is 3.71. The smallest absolute Gasteiger partial charge is 0.306 e. The molecular formula is C52H98O14. The van der Waals surface area contributed by atoms with Gasteiger partial charge in [0.25, 0.3) is 0 Å². The molecule has 14 nitrogen and oxygen atoms in total. The lowest BCUT2D eigenvalue weighted by Gasteiger charge is -2.42.